The molecule has 0 saturated carbocycles. The molecule has 0 fully saturated rings. The minimum absolute atomic E-state index is 0.201. The second-order valence-electron chi connectivity index (χ2n) is 1.27. The van der Waals surface area contributed by atoms with E-state index in [2.05, 4.69) is 4.98 Å². The predicted molar refractivity (Wildman–Crippen MR) is 34.5 cm³/mol. The van der Waals surface area contributed by atoms with Gasteiger partial charge in [-0.3, -0.25) is 14.3 Å². The second kappa shape index (κ2) is 2.19. The molecular weight excluding hydrogens is 140 g/mol. The molecule has 0 bridgehead atoms. The number of hydrogen-bond donors (Lipinski definition) is 0. The summed E-state index contributed by atoms with van der Waals surface area (Å²) < 4.78 is 35.2. The van der Waals surface area contributed by atoms with Crippen LogP contribution in [-0.4, -0.2) is 9.55 Å². The molecule has 0 aliphatic carbocycles. The van der Waals surface area contributed by atoms with E-state index in [-0.39, 0.29) is 4.57 Å². The number of rotatable bonds is 0. The lowest BCUT2D eigenvalue weighted by Crippen LogP contribution is -2.15. The van der Waals surface area contributed by atoms with Crippen LogP contribution < -0.4 is 5.56 Å². The first-order valence-electron chi connectivity index (χ1n) is 4.51. The highest BCUT2D eigenvalue weighted by Crippen LogP contribution is 1.97. The topological polar surface area (TPSA) is 34.9 Å². The van der Waals surface area contributed by atoms with E-state index in [0.717, 1.165) is 0 Å². The Kier molecular flexibility index (Phi) is 0.589. The zero-order valence-corrected chi connectivity index (χ0v) is 4.94. The van der Waals surface area contributed by atoms with E-state index in [9.17, 15) is 4.79 Å². The van der Waals surface area contributed by atoms with E-state index < -0.39 is 30.0 Å². The number of nitrogens with zero attached hydrogens (tertiary/aromatic N) is 2. The number of halogens is 1. The average Bonchev–Trinajstić information content (AvgIpc) is 1.98. The van der Waals surface area contributed by atoms with E-state index in [4.69, 9.17) is 18.5 Å². The molecule has 3 nitrogen and oxygen atoms in total. The van der Waals surface area contributed by atoms with E-state index in [0.29, 0.717) is 0 Å². The first-order chi connectivity index (χ1) is 6.25. The monoisotopic (exact) mass is 149 g/mol. The van der Waals surface area contributed by atoms with Crippen molar-refractivity contribution in [2.45, 2.75) is 0 Å². The zero-order chi connectivity index (χ0) is 11.1. The Morgan fingerprint density at radius 1 is 2.00 bits per heavy atom. The molecule has 0 amide bonds. The van der Waals surface area contributed by atoms with Crippen molar-refractivity contribution in [3.63, 3.8) is 0 Å². The van der Waals surface area contributed by atoms with Gasteiger partial charge in [-0.2, -0.15) is 0 Å². The molecule has 0 unspecified atom stereocenters. The van der Waals surface area contributed by atoms with Crippen LogP contribution >= 0.6 is 11.6 Å². The molecule has 0 aliphatic rings. The number of hydrogen-bond acceptors (Lipinski definition) is 2. The minimum Gasteiger partial charge on any atom is -0.300 e. The Morgan fingerprint density at radius 3 is 3.44 bits per heavy atom. The number of aromatic nitrogens is 2. The van der Waals surface area contributed by atoms with Gasteiger partial charge in [-0.1, -0.05) is 11.6 Å². The van der Waals surface area contributed by atoms with Gasteiger partial charge in [-0.05, 0) is 0 Å². The standard InChI is InChI=1S/C5H5ClN2O/c1-8-4(6)2-7-3-5(8)9/h2-3H,1H3/i1D3,2D,3D. The summed E-state index contributed by atoms with van der Waals surface area (Å²) in [5.74, 6) is 0. The van der Waals surface area contributed by atoms with E-state index in [1.807, 2.05) is 0 Å². The van der Waals surface area contributed by atoms with Gasteiger partial charge < -0.3 is 0 Å². The quantitative estimate of drug-likeness (QED) is 0.537. The van der Waals surface area contributed by atoms with Gasteiger partial charge in [0.05, 0.1) is 15.1 Å². The molecule has 1 rings (SSSR count). The first-order valence-corrected chi connectivity index (χ1v) is 2.39. The zero-order valence-electron chi connectivity index (χ0n) is 9.18. The largest absolute Gasteiger partial charge is 0.300 e. The smallest absolute Gasteiger partial charge is 0.269 e. The molecule has 0 N–H and O–H groups in total. The molecular formula is C5H5ClN2O. The Labute approximate surface area is 63.9 Å². The summed E-state index contributed by atoms with van der Waals surface area (Å²) >= 11 is 5.42. The van der Waals surface area contributed by atoms with Crippen LogP contribution in [0.3, 0.4) is 0 Å². The molecule has 0 saturated heterocycles. The average molecular weight is 150 g/mol. The van der Waals surface area contributed by atoms with E-state index in [1.54, 1.807) is 0 Å². The van der Waals surface area contributed by atoms with Crippen molar-refractivity contribution in [2.75, 3.05) is 0 Å². The fraction of sp³-hybridized carbons (Fsp3) is 0.200. The first kappa shape index (κ1) is 2.42. The summed E-state index contributed by atoms with van der Waals surface area (Å²) in [6.45, 7) is -2.80. The van der Waals surface area contributed by atoms with Gasteiger partial charge in [-0.25, -0.2) is 0 Å². The molecule has 4 heteroatoms. The molecule has 9 heavy (non-hydrogen) atoms. The van der Waals surface area contributed by atoms with Crippen LogP contribution in [0, 0.1) is 0 Å². The molecule has 48 valence electrons. The lowest BCUT2D eigenvalue weighted by atomic mass is 10.7. The van der Waals surface area contributed by atoms with Gasteiger partial charge in [0.1, 0.15) is 5.15 Å². The normalized spacial score (nSPS) is 19.0. The maximum Gasteiger partial charge on any atom is 0.269 e. The summed E-state index contributed by atoms with van der Waals surface area (Å²) in [5, 5.41) is -0.592. The fourth-order valence-corrected chi connectivity index (χ4v) is 0.430. The Balaban J connectivity index is 3.65. The van der Waals surface area contributed by atoms with Crippen LogP contribution in [0.4, 0.5) is 0 Å². The highest BCUT2D eigenvalue weighted by Gasteiger charge is 1.92. The third-order valence-corrected chi connectivity index (χ3v) is 0.953. The van der Waals surface area contributed by atoms with Gasteiger partial charge in [0.2, 0.25) is 0 Å². The van der Waals surface area contributed by atoms with Crippen LogP contribution in [0.25, 0.3) is 0 Å². The molecule has 0 radical (unpaired) electrons. The Hall–Kier alpha value is -0.830. The van der Waals surface area contributed by atoms with Crippen molar-refractivity contribution in [1.82, 2.24) is 9.55 Å². The van der Waals surface area contributed by atoms with Crippen LogP contribution in [0.15, 0.2) is 17.1 Å². The highest BCUT2D eigenvalue weighted by atomic mass is 35.5. The molecule has 1 heterocycles. The summed E-state index contributed by atoms with van der Waals surface area (Å²) in [5.41, 5.74) is -1.13. The van der Waals surface area contributed by atoms with Crippen LogP contribution in [-0.2, 0) is 6.98 Å². The Bertz CT molecular complexity index is 425. The maximum atomic E-state index is 11.2. The second-order valence-corrected chi connectivity index (χ2v) is 1.62. The summed E-state index contributed by atoms with van der Waals surface area (Å²) in [6, 6.07) is 0. The summed E-state index contributed by atoms with van der Waals surface area (Å²) in [7, 11) is 0. The summed E-state index contributed by atoms with van der Waals surface area (Å²) in [4.78, 5) is 14.3. The minimum atomic E-state index is -2.80. The third-order valence-electron chi connectivity index (χ3n) is 0.699. The van der Waals surface area contributed by atoms with Gasteiger partial charge in [-0.15, -0.1) is 0 Å². The predicted octanol–water partition coefficient (Wildman–Crippen LogP) is 0.434. The van der Waals surface area contributed by atoms with Crippen LogP contribution in [0.2, 0.25) is 5.15 Å². The van der Waals surface area contributed by atoms with Crippen molar-refractivity contribution < 1.29 is 6.85 Å². The molecule has 0 aliphatic heterocycles. The van der Waals surface area contributed by atoms with E-state index >= 15 is 0 Å². The van der Waals surface area contributed by atoms with Gasteiger partial charge >= 0.3 is 0 Å². The molecule has 0 spiro atoms. The van der Waals surface area contributed by atoms with Gasteiger partial charge in [0, 0.05) is 11.1 Å². The van der Waals surface area contributed by atoms with Crippen molar-refractivity contribution >= 4 is 11.6 Å². The van der Waals surface area contributed by atoms with E-state index in [1.165, 1.54) is 0 Å². The molecule has 0 aromatic carbocycles. The lowest BCUT2D eigenvalue weighted by molar-refractivity contribution is 0.842. The highest BCUT2D eigenvalue weighted by molar-refractivity contribution is 6.29. The molecule has 1 aromatic rings. The molecule has 0 atom stereocenters. The maximum absolute atomic E-state index is 11.2. The van der Waals surface area contributed by atoms with Crippen molar-refractivity contribution in [3.05, 3.63) is 27.9 Å². The van der Waals surface area contributed by atoms with Crippen LogP contribution in [0.5, 0.6) is 0 Å². The lowest BCUT2D eigenvalue weighted by Gasteiger charge is -1.95. The summed E-state index contributed by atoms with van der Waals surface area (Å²) in [6.07, 6.45) is -1.41. The van der Waals surface area contributed by atoms with Crippen molar-refractivity contribution in [3.8, 4) is 0 Å². The van der Waals surface area contributed by atoms with Gasteiger partial charge in [0.25, 0.3) is 5.56 Å². The van der Waals surface area contributed by atoms with Crippen LogP contribution in [0.1, 0.15) is 6.85 Å². The van der Waals surface area contributed by atoms with Gasteiger partial charge in [0.15, 0.2) is 0 Å². The third kappa shape index (κ3) is 1.10. The molecule has 1 aromatic heterocycles. The Morgan fingerprint density at radius 2 is 2.78 bits per heavy atom. The SMILES string of the molecule is [2H]c1nc([2H])c(=O)n(C([2H])([2H])[2H])c1Cl. The fourth-order valence-electron chi connectivity index (χ4n) is 0.311. The van der Waals surface area contributed by atoms with Crippen molar-refractivity contribution in [1.29, 1.82) is 0 Å². The van der Waals surface area contributed by atoms with Crippen molar-refractivity contribution in [2.24, 2.45) is 6.98 Å².